The smallest absolute Gasteiger partial charge is 0.343 e. The lowest BCUT2D eigenvalue weighted by Crippen LogP contribution is -2.41. The zero-order valence-electron chi connectivity index (χ0n) is 20.4. The summed E-state index contributed by atoms with van der Waals surface area (Å²) in [6.07, 6.45) is -4.31. The number of carbonyl (C=O) groups excluding carboxylic acids is 3. The Labute approximate surface area is 210 Å². The molecule has 1 aromatic heterocycles. The van der Waals surface area contributed by atoms with E-state index in [0.29, 0.717) is 37.2 Å². The van der Waals surface area contributed by atoms with Crippen molar-refractivity contribution in [2.45, 2.75) is 58.0 Å². The van der Waals surface area contributed by atoms with Crippen LogP contribution < -0.4 is 10.4 Å². The second kappa shape index (κ2) is 11.7. The van der Waals surface area contributed by atoms with Gasteiger partial charge in [0.25, 0.3) is 5.56 Å². The average Bonchev–Trinajstić information content (AvgIpc) is 2.85. The zero-order chi connectivity index (χ0) is 27.3. The molecular weight excluding hydrogens is 498 g/mol. The SMILES string of the molecule is CC(C)c1cc(=O)n(OC(=O)C(F)(F)F)c(CCCC(=O)N2CCC(C(=O)c3ccc(F)cc3)CC2)n1. The van der Waals surface area contributed by atoms with Gasteiger partial charge in [-0.15, -0.1) is 4.73 Å². The molecule has 0 atom stereocenters. The number of piperidine rings is 1. The molecule has 3 rings (SSSR count). The molecule has 0 radical (unpaired) electrons. The number of hydrogen-bond acceptors (Lipinski definition) is 6. The number of carbonyl (C=O) groups is 3. The minimum absolute atomic E-state index is 0.0194. The van der Waals surface area contributed by atoms with Crippen LogP contribution in [0.2, 0.25) is 0 Å². The molecule has 37 heavy (non-hydrogen) atoms. The van der Waals surface area contributed by atoms with Crippen LogP contribution in [0.25, 0.3) is 0 Å². The summed E-state index contributed by atoms with van der Waals surface area (Å²) in [4.78, 5) is 59.0. The van der Waals surface area contributed by atoms with Gasteiger partial charge in [-0.2, -0.15) is 13.2 Å². The summed E-state index contributed by atoms with van der Waals surface area (Å²) in [5.41, 5.74) is -0.233. The third-order valence-electron chi connectivity index (χ3n) is 6.10. The lowest BCUT2D eigenvalue weighted by atomic mass is 9.88. The lowest BCUT2D eigenvalue weighted by molar-refractivity contribution is -0.200. The lowest BCUT2D eigenvalue weighted by Gasteiger charge is -2.31. The number of aryl methyl sites for hydroxylation is 1. The second-order valence-electron chi connectivity index (χ2n) is 9.14. The molecule has 2 heterocycles. The van der Waals surface area contributed by atoms with E-state index in [2.05, 4.69) is 9.82 Å². The van der Waals surface area contributed by atoms with Crippen molar-refractivity contribution in [1.82, 2.24) is 14.6 Å². The molecule has 0 N–H and O–H groups in total. The van der Waals surface area contributed by atoms with Crippen molar-refractivity contribution in [1.29, 1.82) is 0 Å². The van der Waals surface area contributed by atoms with Crippen LogP contribution in [0.1, 0.15) is 67.3 Å². The maximum atomic E-state index is 13.1. The predicted molar refractivity (Wildman–Crippen MR) is 123 cm³/mol. The number of nitrogens with zero attached hydrogens (tertiary/aromatic N) is 3. The van der Waals surface area contributed by atoms with Crippen LogP contribution in [0.5, 0.6) is 0 Å². The van der Waals surface area contributed by atoms with Crippen LogP contribution in [-0.4, -0.2) is 51.5 Å². The van der Waals surface area contributed by atoms with Gasteiger partial charge in [0.05, 0.1) is 5.69 Å². The van der Waals surface area contributed by atoms with Gasteiger partial charge in [0.1, 0.15) is 11.6 Å². The van der Waals surface area contributed by atoms with Crippen LogP contribution in [0.15, 0.2) is 35.1 Å². The van der Waals surface area contributed by atoms with Crippen molar-refractivity contribution < 1.29 is 36.8 Å². The van der Waals surface area contributed by atoms with E-state index in [1.165, 1.54) is 24.3 Å². The molecule has 1 aliphatic rings. The molecule has 12 heteroatoms. The van der Waals surface area contributed by atoms with E-state index in [1.807, 2.05) is 0 Å². The molecule has 2 aromatic rings. The van der Waals surface area contributed by atoms with Gasteiger partial charge in [-0.05, 0) is 49.4 Å². The second-order valence-corrected chi connectivity index (χ2v) is 9.14. The first-order valence-corrected chi connectivity index (χ1v) is 11.9. The first-order valence-electron chi connectivity index (χ1n) is 11.9. The summed E-state index contributed by atoms with van der Waals surface area (Å²) in [5.74, 6) is -3.98. The summed E-state index contributed by atoms with van der Waals surface area (Å²) in [6.45, 7) is 4.19. The van der Waals surface area contributed by atoms with E-state index in [9.17, 15) is 36.7 Å². The van der Waals surface area contributed by atoms with Crippen molar-refractivity contribution in [3.05, 3.63) is 63.6 Å². The van der Waals surface area contributed by atoms with Gasteiger partial charge in [0.15, 0.2) is 5.78 Å². The molecule has 8 nitrogen and oxygen atoms in total. The Bertz CT molecular complexity index is 1200. The Morgan fingerprint density at radius 1 is 1.11 bits per heavy atom. The molecule has 1 amide bonds. The maximum absolute atomic E-state index is 13.1. The van der Waals surface area contributed by atoms with E-state index in [4.69, 9.17) is 0 Å². The Morgan fingerprint density at radius 2 is 1.73 bits per heavy atom. The number of alkyl halides is 3. The Hall–Kier alpha value is -3.57. The third kappa shape index (κ3) is 7.23. The fourth-order valence-electron chi connectivity index (χ4n) is 4.02. The van der Waals surface area contributed by atoms with Crippen LogP contribution in [0.4, 0.5) is 17.6 Å². The average molecular weight is 525 g/mol. The Balaban J connectivity index is 1.59. The van der Waals surface area contributed by atoms with Crippen molar-refractivity contribution in [2.75, 3.05) is 13.1 Å². The number of amides is 1. The Kier molecular flexibility index (Phi) is 8.82. The molecule has 0 spiro atoms. The number of ketones is 1. The molecule has 200 valence electrons. The zero-order valence-corrected chi connectivity index (χ0v) is 20.4. The first-order chi connectivity index (χ1) is 17.4. The summed E-state index contributed by atoms with van der Waals surface area (Å²) in [6, 6.07) is 6.31. The van der Waals surface area contributed by atoms with Crippen LogP contribution in [-0.2, 0) is 16.0 Å². The van der Waals surface area contributed by atoms with E-state index in [-0.39, 0.29) is 53.3 Å². The third-order valence-corrected chi connectivity index (χ3v) is 6.10. The van der Waals surface area contributed by atoms with Crippen LogP contribution in [0.3, 0.4) is 0 Å². The molecule has 1 saturated heterocycles. The molecule has 0 bridgehead atoms. The van der Waals surface area contributed by atoms with Crippen molar-refractivity contribution >= 4 is 17.7 Å². The highest BCUT2D eigenvalue weighted by molar-refractivity contribution is 5.98. The molecule has 1 fully saturated rings. The first kappa shape index (κ1) is 28.0. The molecule has 1 aliphatic heterocycles. The van der Waals surface area contributed by atoms with Gasteiger partial charge in [0, 0.05) is 43.5 Å². The van der Waals surface area contributed by atoms with Crippen molar-refractivity contribution in [3.8, 4) is 0 Å². The Morgan fingerprint density at radius 3 is 2.30 bits per heavy atom. The fourth-order valence-corrected chi connectivity index (χ4v) is 4.02. The minimum Gasteiger partial charge on any atom is -0.343 e. The standard InChI is InChI=1S/C25H27F4N3O5/c1-15(2)19-14-22(34)32(37-24(36)25(27,28)29)20(30-19)4-3-5-21(33)31-12-10-17(11-13-31)23(35)16-6-8-18(26)9-7-16/h6-9,14-15,17H,3-5,10-13H2,1-2H3. The highest BCUT2D eigenvalue weighted by atomic mass is 19.4. The van der Waals surface area contributed by atoms with Gasteiger partial charge in [-0.3, -0.25) is 14.4 Å². The molecular formula is C25H27F4N3O5. The van der Waals surface area contributed by atoms with E-state index in [0.717, 1.165) is 6.07 Å². The highest BCUT2D eigenvalue weighted by Crippen LogP contribution is 2.23. The number of rotatable bonds is 8. The largest absolute Gasteiger partial charge is 0.493 e. The van der Waals surface area contributed by atoms with Crippen molar-refractivity contribution in [2.24, 2.45) is 5.92 Å². The van der Waals surface area contributed by atoms with Crippen molar-refractivity contribution in [3.63, 3.8) is 0 Å². The van der Waals surface area contributed by atoms with Gasteiger partial charge in [0.2, 0.25) is 5.91 Å². The molecule has 1 aromatic carbocycles. The van der Waals surface area contributed by atoms with E-state index in [1.54, 1.807) is 18.7 Å². The number of likely N-dealkylation sites (tertiary alicyclic amines) is 1. The number of hydrogen-bond donors (Lipinski definition) is 0. The number of benzene rings is 1. The topological polar surface area (TPSA) is 98.6 Å². The summed E-state index contributed by atoms with van der Waals surface area (Å²) < 4.78 is 51.3. The van der Waals surface area contributed by atoms with Gasteiger partial charge >= 0.3 is 12.1 Å². The molecule has 0 aliphatic carbocycles. The normalized spacial score (nSPS) is 14.6. The summed E-state index contributed by atoms with van der Waals surface area (Å²) >= 11 is 0. The van der Waals surface area contributed by atoms with Gasteiger partial charge in [-0.25, -0.2) is 14.2 Å². The fraction of sp³-hybridized carbons (Fsp3) is 0.480. The molecule has 0 unspecified atom stereocenters. The van der Waals surface area contributed by atoms with Crippen LogP contribution >= 0.6 is 0 Å². The summed E-state index contributed by atoms with van der Waals surface area (Å²) in [7, 11) is 0. The molecule has 0 saturated carbocycles. The van der Waals surface area contributed by atoms with Gasteiger partial charge < -0.3 is 9.74 Å². The number of halogens is 4. The highest BCUT2D eigenvalue weighted by Gasteiger charge is 2.42. The van der Waals surface area contributed by atoms with E-state index < -0.39 is 23.5 Å². The minimum atomic E-state index is -5.30. The van der Waals surface area contributed by atoms with Gasteiger partial charge in [-0.1, -0.05) is 13.8 Å². The number of aromatic nitrogens is 2. The number of Topliss-reactive ketones (excluding diaryl/α,β-unsaturated/α-hetero) is 1. The maximum Gasteiger partial charge on any atom is 0.493 e. The monoisotopic (exact) mass is 525 g/mol. The summed E-state index contributed by atoms with van der Waals surface area (Å²) in [5, 5.41) is 0. The van der Waals surface area contributed by atoms with E-state index >= 15 is 0 Å². The predicted octanol–water partition coefficient (Wildman–Crippen LogP) is 3.47. The van der Waals surface area contributed by atoms with Crippen LogP contribution in [0, 0.1) is 11.7 Å². The quantitative estimate of drug-likeness (QED) is 0.387.